The summed E-state index contributed by atoms with van der Waals surface area (Å²) in [6, 6.07) is 3.15. The van der Waals surface area contributed by atoms with Crippen LogP contribution in [0.4, 0.5) is 22.0 Å². The fraction of sp³-hybridized carbons (Fsp3) is 0.647. The van der Waals surface area contributed by atoms with Crippen LogP contribution >= 0.6 is 20.1 Å². The molecule has 2 aliphatic rings. The fourth-order valence-corrected chi connectivity index (χ4v) is 8.15. The second kappa shape index (κ2) is 7.67. The fourth-order valence-electron chi connectivity index (χ4n) is 2.76. The van der Waals surface area contributed by atoms with Gasteiger partial charge in [0.05, 0.1) is 0 Å². The molecule has 0 saturated heterocycles. The molecule has 2 fully saturated rings. The average molecular weight is 506 g/mol. The van der Waals surface area contributed by atoms with Crippen LogP contribution in [0, 0.1) is 9.49 Å². The number of carbonyl (C=O) groups is 1. The van der Waals surface area contributed by atoms with Gasteiger partial charge in [-0.2, -0.15) is 0 Å². The Labute approximate surface area is 161 Å². The van der Waals surface area contributed by atoms with Crippen molar-refractivity contribution in [1.82, 2.24) is 8.51 Å². The van der Waals surface area contributed by atoms with E-state index in [9.17, 15) is 26.7 Å². The molecule has 0 bridgehead atoms. The molecule has 1 aromatic rings. The Morgan fingerprint density at radius 3 is 2.63 bits per heavy atom. The molecule has 0 aromatic carbocycles. The maximum absolute atomic E-state index is 12.9. The van der Waals surface area contributed by atoms with E-state index in [1.54, 1.807) is 6.07 Å². The first kappa shape index (κ1) is 20.5. The van der Waals surface area contributed by atoms with Crippen molar-refractivity contribution in [3.05, 3.63) is 21.9 Å². The topological polar surface area (TPSA) is 51.2 Å². The van der Waals surface area contributed by atoms with Gasteiger partial charge in [-0.25, -0.2) is 0 Å². The van der Waals surface area contributed by atoms with Crippen molar-refractivity contribution in [1.29, 1.82) is 0 Å². The van der Waals surface area contributed by atoms with Crippen molar-refractivity contribution in [2.75, 3.05) is 0 Å². The van der Waals surface area contributed by atoms with Gasteiger partial charge in [0.15, 0.2) is 0 Å². The second-order valence-corrected chi connectivity index (χ2v) is 12.3. The number of aromatic nitrogens is 1. The molecule has 3 rings (SSSR count). The van der Waals surface area contributed by atoms with Crippen molar-refractivity contribution in [3.8, 4) is 5.88 Å². The number of rotatable bonds is 7. The molecular weight excluding hydrogens is 486 g/mol. The first-order valence-corrected chi connectivity index (χ1v) is 12.0. The molecule has 0 radical (unpaired) electrons. The molecule has 0 spiro atoms. The van der Waals surface area contributed by atoms with Crippen LogP contribution in [-0.4, -0.2) is 33.0 Å². The molecule has 152 valence electrons. The summed E-state index contributed by atoms with van der Waals surface area (Å²) >= 11 is -2.20. The van der Waals surface area contributed by atoms with Gasteiger partial charge in [-0.15, -0.1) is 0 Å². The van der Waals surface area contributed by atoms with Gasteiger partial charge < -0.3 is 0 Å². The van der Waals surface area contributed by atoms with Crippen molar-refractivity contribution >= 4 is 26.0 Å². The summed E-state index contributed by atoms with van der Waals surface area (Å²) in [6.07, 6.45) is -3.67. The number of nitrogens with zero attached hydrogens (tertiary/aromatic N) is 1. The first-order chi connectivity index (χ1) is 12.5. The van der Waals surface area contributed by atoms with Crippen LogP contribution in [0.2, 0.25) is 0 Å². The van der Waals surface area contributed by atoms with E-state index >= 15 is 0 Å². The molecule has 4 nitrogen and oxygen atoms in total. The van der Waals surface area contributed by atoms with E-state index in [1.165, 1.54) is 12.3 Å². The second-order valence-electron chi connectivity index (χ2n) is 6.95. The summed E-state index contributed by atoms with van der Waals surface area (Å²) in [5.41, 5.74) is 0. The average Bonchev–Trinajstić information content (AvgIpc) is 3.35. The molecule has 1 atom stereocenters. The summed E-state index contributed by atoms with van der Waals surface area (Å²) in [4.78, 5) is 16.1. The Kier molecular flexibility index (Phi) is 5.83. The first-order valence-electron chi connectivity index (χ1n) is 8.58. The van der Waals surface area contributed by atoms with Crippen LogP contribution in [0.5, 0.6) is 5.88 Å². The summed E-state index contributed by atoms with van der Waals surface area (Å²) < 4.78 is 72.8. The number of alkyl halides is 6. The van der Waals surface area contributed by atoms with Gasteiger partial charge in [-0.05, 0) is 0 Å². The van der Waals surface area contributed by atoms with Gasteiger partial charge >= 0.3 is 161 Å². The summed E-state index contributed by atoms with van der Waals surface area (Å²) in [5.74, 6) is -3.35. The zero-order chi connectivity index (χ0) is 19.8. The Hall–Kier alpha value is -1.20. The third-order valence-corrected chi connectivity index (χ3v) is 10.6. The van der Waals surface area contributed by atoms with E-state index in [2.05, 4.69) is 8.51 Å². The van der Waals surface area contributed by atoms with Crippen molar-refractivity contribution < 1.29 is 31.5 Å². The molecule has 0 aliphatic heterocycles. The van der Waals surface area contributed by atoms with Gasteiger partial charge in [0.25, 0.3) is 0 Å². The molecule has 10 heteroatoms. The number of carbonyl (C=O) groups excluding carboxylic acids is 1. The summed E-state index contributed by atoms with van der Waals surface area (Å²) in [6.45, 7) is 0.905. The predicted octanol–water partition coefficient (Wildman–Crippen LogP) is 4.72. The molecule has 27 heavy (non-hydrogen) atoms. The molecule has 0 unspecified atom stereocenters. The normalized spacial score (nSPS) is 21.2. The van der Waals surface area contributed by atoms with Gasteiger partial charge in [-0.3, -0.25) is 0 Å². The molecule has 1 aromatic heterocycles. The van der Waals surface area contributed by atoms with Gasteiger partial charge in [0.2, 0.25) is 0 Å². The predicted molar refractivity (Wildman–Crippen MR) is 96.6 cm³/mol. The number of hydrogen-bond acceptors (Lipinski definition) is 3. The third kappa shape index (κ3) is 5.64. The number of hydrogen-bond donors (Lipinski definition) is 1. The SMILES string of the molecule is C[C@@H](Oc1cc(I(NC(=O)CC2CC(F)(F)C2)C2CC2)ccn1)C(F)(F)F. The Balaban J connectivity index is 1.63. The summed E-state index contributed by atoms with van der Waals surface area (Å²) in [5, 5.41) is 0. The molecular formula is C17H20F5IN2O2. The van der Waals surface area contributed by atoms with Gasteiger partial charge in [0.1, 0.15) is 0 Å². The van der Waals surface area contributed by atoms with E-state index in [-0.39, 0.29) is 37.0 Å². The van der Waals surface area contributed by atoms with E-state index in [0.717, 1.165) is 23.3 Å². The number of ether oxygens (including phenoxy) is 1. The van der Waals surface area contributed by atoms with E-state index in [0.29, 0.717) is 3.92 Å². The Morgan fingerprint density at radius 1 is 1.41 bits per heavy atom. The zero-order valence-electron chi connectivity index (χ0n) is 14.5. The number of amides is 1. The van der Waals surface area contributed by atoms with Crippen molar-refractivity contribution in [3.63, 3.8) is 0 Å². The Bertz CT molecular complexity index is 688. The minimum absolute atomic E-state index is 0.0653. The van der Waals surface area contributed by atoms with Crippen molar-refractivity contribution in [2.24, 2.45) is 5.92 Å². The van der Waals surface area contributed by atoms with Gasteiger partial charge in [0, 0.05) is 0 Å². The van der Waals surface area contributed by atoms with E-state index in [1.807, 2.05) is 0 Å². The van der Waals surface area contributed by atoms with Crippen LogP contribution in [0.1, 0.15) is 39.0 Å². The van der Waals surface area contributed by atoms with Crippen molar-refractivity contribution in [2.45, 2.75) is 61.2 Å². The molecule has 2 aliphatic carbocycles. The van der Waals surface area contributed by atoms with E-state index < -0.39 is 38.3 Å². The monoisotopic (exact) mass is 506 g/mol. The number of nitrogens with one attached hydrogen (secondary N) is 1. The quantitative estimate of drug-likeness (QED) is 0.252. The summed E-state index contributed by atoms with van der Waals surface area (Å²) in [7, 11) is 0. The van der Waals surface area contributed by atoms with Crippen LogP contribution in [0.15, 0.2) is 18.3 Å². The molecule has 1 amide bonds. The van der Waals surface area contributed by atoms with E-state index in [4.69, 9.17) is 4.74 Å². The van der Waals surface area contributed by atoms with Gasteiger partial charge in [-0.1, -0.05) is 0 Å². The standard InChI is InChI=1S/C17H20F5IN2O2/c1-10(17(20,21)22)27-15-7-13(4-5-24-15)23(12-2-3-12)25-14(26)6-11-8-16(18,19)9-11/h4-5,7,10-12H,2-3,6,8-9H2,1H3,(H,25,26)/t10-/m1/s1. The number of halogens is 6. The maximum atomic E-state index is 12.9. The van der Waals surface area contributed by atoms with Crippen LogP contribution in [0.3, 0.4) is 0 Å². The van der Waals surface area contributed by atoms with Crippen LogP contribution < -0.4 is 8.27 Å². The third-order valence-electron chi connectivity index (χ3n) is 4.36. The van der Waals surface area contributed by atoms with Crippen LogP contribution in [0.25, 0.3) is 0 Å². The van der Waals surface area contributed by atoms with Crippen LogP contribution in [-0.2, 0) is 4.79 Å². The minimum atomic E-state index is -4.49. The number of pyridine rings is 1. The molecule has 2 saturated carbocycles. The Morgan fingerprint density at radius 2 is 2.07 bits per heavy atom. The molecule has 1 N–H and O–H groups in total. The molecule has 1 heterocycles. The zero-order valence-corrected chi connectivity index (χ0v) is 16.7.